The summed E-state index contributed by atoms with van der Waals surface area (Å²) in [6.45, 7) is 6.04. The van der Waals surface area contributed by atoms with Gasteiger partial charge in [0.25, 0.3) is 0 Å². The molecule has 100 valence electrons. The van der Waals surface area contributed by atoms with Crippen LogP contribution in [0.2, 0.25) is 0 Å². The summed E-state index contributed by atoms with van der Waals surface area (Å²) in [5.41, 5.74) is 0.713. The van der Waals surface area contributed by atoms with E-state index in [1.54, 1.807) is 18.7 Å². The third kappa shape index (κ3) is 3.15. The highest BCUT2D eigenvalue weighted by molar-refractivity contribution is 5.26. The quantitative estimate of drug-likeness (QED) is 0.799. The highest BCUT2D eigenvalue weighted by Gasteiger charge is 2.07. The zero-order chi connectivity index (χ0) is 13.7. The summed E-state index contributed by atoms with van der Waals surface area (Å²) in [7, 11) is 0. The molecule has 0 aliphatic heterocycles. The minimum Gasteiger partial charge on any atom is -0.341 e. The predicted octanol–water partition coefficient (Wildman–Crippen LogP) is 0.928. The van der Waals surface area contributed by atoms with Crippen molar-refractivity contribution in [1.82, 2.24) is 19.5 Å². The molecule has 2 rings (SSSR count). The number of aromatic nitrogens is 4. The average Bonchev–Trinajstić information content (AvgIpc) is 2.44. The number of rotatable bonds is 5. The van der Waals surface area contributed by atoms with Crippen molar-refractivity contribution >= 4 is 5.95 Å². The summed E-state index contributed by atoms with van der Waals surface area (Å²) >= 11 is 0. The summed E-state index contributed by atoms with van der Waals surface area (Å²) in [6.07, 6.45) is 4.94. The number of pyridine rings is 1. The second-order valence-electron chi connectivity index (χ2n) is 4.09. The normalized spacial score (nSPS) is 10.4. The first-order chi connectivity index (χ1) is 9.24. The van der Waals surface area contributed by atoms with Crippen molar-refractivity contribution in [2.45, 2.75) is 20.4 Å². The van der Waals surface area contributed by atoms with E-state index in [4.69, 9.17) is 0 Å². The van der Waals surface area contributed by atoms with Gasteiger partial charge in [0, 0.05) is 25.5 Å². The Hall–Kier alpha value is -2.24. The molecule has 0 N–H and O–H groups in total. The zero-order valence-electron chi connectivity index (χ0n) is 11.2. The van der Waals surface area contributed by atoms with E-state index < -0.39 is 0 Å². The van der Waals surface area contributed by atoms with Crippen LogP contribution in [0.3, 0.4) is 0 Å². The van der Waals surface area contributed by atoms with Crippen molar-refractivity contribution in [2.75, 3.05) is 18.0 Å². The van der Waals surface area contributed by atoms with Gasteiger partial charge < -0.3 is 4.90 Å². The molecule has 0 aliphatic carbocycles. The molecule has 0 amide bonds. The smallest absolute Gasteiger partial charge is 0.341 e. The molecular weight excluding hydrogens is 242 g/mol. The standard InChI is InChI=1S/C13H17N5O/c1-3-17(4-2)12-15-10-18(13(19)16-12)9-11-5-7-14-8-6-11/h5-8,10H,3-4,9H2,1-2H3. The topological polar surface area (TPSA) is 63.9 Å². The number of hydrogen-bond donors (Lipinski definition) is 0. The highest BCUT2D eigenvalue weighted by atomic mass is 16.1. The van der Waals surface area contributed by atoms with Gasteiger partial charge in [0.1, 0.15) is 6.33 Å². The van der Waals surface area contributed by atoms with Crippen LogP contribution in [0.1, 0.15) is 19.4 Å². The Balaban J connectivity index is 2.23. The van der Waals surface area contributed by atoms with Gasteiger partial charge in [-0.15, -0.1) is 0 Å². The fourth-order valence-electron chi connectivity index (χ4n) is 1.80. The van der Waals surface area contributed by atoms with Crippen molar-refractivity contribution in [1.29, 1.82) is 0 Å². The van der Waals surface area contributed by atoms with Gasteiger partial charge in [-0.05, 0) is 31.5 Å². The van der Waals surface area contributed by atoms with Crippen molar-refractivity contribution < 1.29 is 0 Å². The van der Waals surface area contributed by atoms with Crippen LogP contribution in [0.15, 0.2) is 35.6 Å². The van der Waals surface area contributed by atoms with Gasteiger partial charge in [0.05, 0.1) is 6.54 Å². The first-order valence-corrected chi connectivity index (χ1v) is 6.32. The summed E-state index contributed by atoms with van der Waals surface area (Å²) in [5.74, 6) is 0.487. The lowest BCUT2D eigenvalue weighted by Gasteiger charge is -2.18. The maximum atomic E-state index is 12.0. The molecule has 6 nitrogen and oxygen atoms in total. The average molecular weight is 259 g/mol. The maximum Gasteiger partial charge on any atom is 0.352 e. The summed E-state index contributed by atoms with van der Waals surface area (Å²) in [4.78, 5) is 26.1. The highest BCUT2D eigenvalue weighted by Crippen LogP contribution is 2.03. The minimum atomic E-state index is -0.284. The molecule has 2 aromatic heterocycles. The largest absolute Gasteiger partial charge is 0.352 e. The molecule has 0 saturated carbocycles. The molecule has 2 aromatic rings. The Morgan fingerprint density at radius 3 is 2.47 bits per heavy atom. The predicted molar refractivity (Wildman–Crippen MR) is 73.2 cm³/mol. The van der Waals surface area contributed by atoms with Gasteiger partial charge in [-0.1, -0.05) is 0 Å². The number of hydrogen-bond acceptors (Lipinski definition) is 5. The van der Waals surface area contributed by atoms with Crippen LogP contribution in [0, 0.1) is 0 Å². The van der Waals surface area contributed by atoms with Crippen LogP contribution in [-0.2, 0) is 6.54 Å². The van der Waals surface area contributed by atoms with Crippen LogP contribution in [0.25, 0.3) is 0 Å². The van der Waals surface area contributed by atoms with E-state index in [0.29, 0.717) is 12.5 Å². The Labute approximate surface area is 111 Å². The molecule has 0 radical (unpaired) electrons. The summed E-state index contributed by atoms with van der Waals surface area (Å²) in [5, 5.41) is 0. The molecule has 2 heterocycles. The van der Waals surface area contributed by atoms with E-state index in [9.17, 15) is 4.79 Å². The summed E-state index contributed by atoms with van der Waals surface area (Å²) < 4.78 is 1.49. The lowest BCUT2D eigenvalue weighted by atomic mass is 10.3. The SMILES string of the molecule is CCN(CC)c1ncn(Cc2ccncc2)c(=O)n1. The Morgan fingerprint density at radius 1 is 1.21 bits per heavy atom. The maximum absolute atomic E-state index is 12.0. The molecule has 0 unspecified atom stereocenters. The molecule has 19 heavy (non-hydrogen) atoms. The van der Waals surface area contributed by atoms with E-state index in [0.717, 1.165) is 18.7 Å². The van der Waals surface area contributed by atoms with Crippen LogP contribution in [0.4, 0.5) is 5.95 Å². The van der Waals surface area contributed by atoms with E-state index >= 15 is 0 Å². The van der Waals surface area contributed by atoms with Gasteiger partial charge in [-0.3, -0.25) is 9.55 Å². The Bertz CT molecular complexity index is 577. The second-order valence-corrected chi connectivity index (χ2v) is 4.09. The van der Waals surface area contributed by atoms with Gasteiger partial charge in [-0.2, -0.15) is 4.98 Å². The lowest BCUT2D eigenvalue weighted by Crippen LogP contribution is -2.31. The van der Waals surface area contributed by atoms with Crippen LogP contribution < -0.4 is 10.6 Å². The van der Waals surface area contributed by atoms with Crippen molar-refractivity contribution in [2.24, 2.45) is 0 Å². The molecular formula is C13H17N5O. The number of anilines is 1. The zero-order valence-corrected chi connectivity index (χ0v) is 11.2. The molecule has 0 aromatic carbocycles. The second kappa shape index (κ2) is 6.08. The van der Waals surface area contributed by atoms with Gasteiger partial charge >= 0.3 is 5.69 Å². The van der Waals surface area contributed by atoms with Gasteiger partial charge in [0.15, 0.2) is 0 Å². The fraction of sp³-hybridized carbons (Fsp3) is 0.385. The molecule has 0 saturated heterocycles. The first kappa shape index (κ1) is 13.2. The molecule has 0 fully saturated rings. The number of nitrogens with zero attached hydrogens (tertiary/aromatic N) is 5. The van der Waals surface area contributed by atoms with Crippen molar-refractivity contribution in [3.8, 4) is 0 Å². The molecule has 0 bridgehead atoms. The third-order valence-electron chi connectivity index (χ3n) is 2.90. The molecule has 0 atom stereocenters. The van der Waals surface area contributed by atoms with E-state index in [-0.39, 0.29) is 5.69 Å². The van der Waals surface area contributed by atoms with Crippen LogP contribution >= 0.6 is 0 Å². The molecule has 0 aliphatic rings. The lowest BCUT2D eigenvalue weighted by molar-refractivity contribution is 0.684. The third-order valence-corrected chi connectivity index (χ3v) is 2.90. The minimum absolute atomic E-state index is 0.284. The van der Waals surface area contributed by atoms with Crippen LogP contribution in [-0.4, -0.2) is 32.6 Å². The van der Waals surface area contributed by atoms with Crippen molar-refractivity contribution in [3.63, 3.8) is 0 Å². The first-order valence-electron chi connectivity index (χ1n) is 6.32. The molecule has 6 heteroatoms. The Morgan fingerprint density at radius 2 is 1.89 bits per heavy atom. The molecule has 0 spiro atoms. The fourth-order valence-corrected chi connectivity index (χ4v) is 1.80. The summed E-state index contributed by atoms with van der Waals surface area (Å²) in [6, 6.07) is 3.73. The van der Waals surface area contributed by atoms with Gasteiger partial charge in [-0.25, -0.2) is 9.78 Å². The van der Waals surface area contributed by atoms with E-state index in [1.807, 2.05) is 30.9 Å². The Kier molecular flexibility index (Phi) is 4.22. The van der Waals surface area contributed by atoms with E-state index in [1.165, 1.54) is 4.57 Å². The van der Waals surface area contributed by atoms with Crippen molar-refractivity contribution in [3.05, 3.63) is 46.9 Å². The van der Waals surface area contributed by atoms with Gasteiger partial charge in [0.2, 0.25) is 5.95 Å². The monoisotopic (exact) mass is 259 g/mol. The van der Waals surface area contributed by atoms with Crippen LogP contribution in [0.5, 0.6) is 0 Å². The van der Waals surface area contributed by atoms with E-state index in [2.05, 4.69) is 15.0 Å².